The third kappa shape index (κ3) is 2.44. The molecule has 0 bridgehead atoms. The molecule has 0 saturated carbocycles. The third-order valence-electron chi connectivity index (χ3n) is 3.91. The Kier molecular flexibility index (Phi) is 3.67. The molecule has 17 heavy (non-hydrogen) atoms. The van der Waals surface area contributed by atoms with Gasteiger partial charge in [0.15, 0.2) is 0 Å². The molecular weight excluding hydrogens is 212 g/mol. The number of nitrogens with zero attached hydrogens (tertiary/aromatic N) is 2. The molecule has 2 unspecified atom stereocenters. The van der Waals surface area contributed by atoms with E-state index in [1.165, 1.54) is 12.8 Å². The van der Waals surface area contributed by atoms with E-state index in [0.717, 1.165) is 17.9 Å². The highest BCUT2D eigenvalue weighted by molar-refractivity contribution is 5.49. The molecule has 3 heteroatoms. The molecule has 0 aliphatic carbocycles. The van der Waals surface area contributed by atoms with E-state index in [1.807, 2.05) is 18.3 Å². The Morgan fingerprint density at radius 1 is 1.47 bits per heavy atom. The molecule has 1 aliphatic heterocycles. The minimum Gasteiger partial charge on any atom is -0.389 e. The molecule has 1 N–H and O–H groups in total. The Balaban J connectivity index is 2.32. The van der Waals surface area contributed by atoms with Crippen molar-refractivity contribution in [1.82, 2.24) is 4.98 Å². The van der Waals surface area contributed by atoms with Crippen LogP contribution in [0.2, 0.25) is 0 Å². The van der Waals surface area contributed by atoms with E-state index in [9.17, 15) is 5.11 Å². The van der Waals surface area contributed by atoms with Gasteiger partial charge in [-0.1, -0.05) is 13.0 Å². The van der Waals surface area contributed by atoms with Crippen LogP contribution in [0.1, 0.15) is 45.3 Å². The fraction of sp³-hybridized carbons (Fsp3) is 0.643. The number of anilines is 1. The second-order valence-electron chi connectivity index (χ2n) is 5.15. The molecule has 2 heterocycles. The number of aliphatic hydroxyl groups is 1. The first-order valence-electron chi connectivity index (χ1n) is 6.51. The average molecular weight is 234 g/mol. The largest absolute Gasteiger partial charge is 0.389 e. The van der Waals surface area contributed by atoms with Crippen molar-refractivity contribution in [3.05, 3.63) is 23.9 Å². The van der Waals surface area contributed by atoms with Crippen molar-refractivity contribution in [2.45, 2.75) is 45.8 Å². The van der Waals surface area contributed by atoms with Crippen LogP contribution in [0.15, 0.2) is 18.3 Å². The standard InChI is InChI=1S/C14H22N2O/c1-10-6-5-9-16(11(10)2)14-13(12(3)17)7-4-8-15-14/h4,7-8,10-12,17H,5-6,9H2,1-3H3/t10?,11?,12-/m0/s1. The van der Waals surface area contributed by atoms with Crippen molar-refractivity contribution in [3.63, 3.8) is 0 Å². The average Bonchev–Trinajstić information content (AvgIpc) is 2.33. The van der Waals surface area contributed by atoms with Gasteiger partial charge in [-0.05, 0) is 38.7 Å². The fourth-order valence-corrected chi connectivity index (χ4v) is 2.61. The predicted octanol–water partition coefficient (Wildman–Crippen LogP) is 2.76. The molecular formula is C14H22N2O. The van der Waals surface area contributed by atoms with Crippen LogP contribution >= 0.6 is 0 Å². The van der Waals surface area contributed by atoms with Gasteiger partial charge in [0, 0.05) is 24.3 Å². The summed E-state index contributed by atoms with van der Waals surface area (Å²) < 4.78 is 0. The SMILES string of the molecule is CC1CCCN(c2ncccc2[C@H](C)O)C1C. The summed E-state index contributed by atoms with van der Waals surface area (Å²) >= 11 is 0. The number of hydrogen-bond donors (Lipinski definition) is 1. The Hall–Kier alpha value is -1.09. The Morgan fingerprint density at radius 3 is 2.94 bits per heavy atom. The first kappa shape index (κ1) is 12.4. The molecule has 0 aromatic carbocycles. The van der Waals surface area contributed by atoms with Gasteiger partial charge in [0.1, 0.15) is 5.82 Å². The van der Waals surface area contributed by atoms with Crippen LogP contribution < -0.4 is 4.90 Å². The number of aromatic nitrogens is 1. The highest BCUT2D eigenvalue weighted by atomic mass is 16.3. The van der Waals surface area contributed by atoms with E-state index in [4.69, 9.17) is 0 Å². The topological polar surface area (TPSA) is 36.4 Å². The normalized spacial score (nSPS) is 26.9. The second kappa shape index (κ2) is 5.05. The first-order chi connectivity index (χ1) is 8.11. The number of aliphatic hydroxyl groups excluding tert-OH is 1. The van der Waals surface area contributed by atoms with E-state index in [-0.39, 0.29) is 0 Å². The molecule has 1 aromatic rings. The monoisotopic (exact) mass is 234 g/mol. The molecule has 1 aromatic heterocycles. The first-order valence-corrected chi connectivity index (χ1v) is 6.51. The van der Waals surface area contributed by atoms with Gasteiger partial charge in [-0.2, -0.15) is 0 Å². The highest BCUT2D eigenvalue weighted by Gasteiger charge is 2.27. The lowest BCUT2D eigenvalue weighted by atomic mass is 9.91. The number of pyridine rings is 1. The zero-order valence-corrected chi connectivity index (χ0v) is 10.9. The van der Waals surface area contributed by atoms with E-state index < -0.39 is 6.10 Å². The third-order valence-corrected chi connectivity index (χ3v) is 3.91. The lowest BCUT2D eigenvalue weighted by Crippen LogP contribution is -2.43. The zero-order valence-electron chi connectivity index (χ0n) is 10.9. The maximum atomic E-state index is 9.82. The molecule has 3 atom stereocenters. The summed E-state index contributed by atoms with van der Waals surface area (Å²) in [5.74, 6) is 1.65. The van der Waals surface area contributed by atoms with Crippen molar-refractivity contribution in [1.29, 1.82) is 0 Å². The maximum Gasteiger partial charge on any atom is 0.134 e. The summed E-state index contributed by atoms with van der Waals surface area (Å²) in [6, 6.07) is 4.36. The summed E-state index contributed by atoms with van der Waals surface area (Å²) in [6.45, 7) is 7.40. The summed E-state index contributed by atoms with van der Waals surface area (Å²) in [4.78, 5) is 6.82. The number of piperidine rings is 1. The van der Waals surface area contributed by atoms with Gasteiger partial charge in [0.25, 0.3) is 0 Å². The van der Waals surface area contributed by atoms with Gasteiger partial charge in [0.05, 0.1) is 6.10 Å². The maximum absolute atomic E-state index is 9.82. The summed E-state index contributed by atoms with van der Waals surface area (Å²) in [6.07, 6.45) is 3.85. The number of hydrogen-bond acceptors (Lipinski definition) is 3. The minimum atomic E-state index is -0.455. The van der Waals surface area contributed by atoms with Crippen LogP contribution in [-0.4, -0.2) is 22.7 Å². The van der Waals surface area contributed by atoms with Crippen molar-refractivity contribution >= 4 is 5.82 Å². The summed E-state index contributed by atoms with van der Waals surface area (Å²) in [5, 5.41) is 9.82. The highest BCUT2D eigenvalue weighted by Crippen LogP contribution is 2.31. The smallest absolute Gasteiger partial charge is 0.134 e. The number of rotatable bonds is 2. The molecule has 1 aliphatic rings. The van der Waals surface area contributed by atoms with E-state index in [2.05, 4.69) is 23.7 Å². The van der Waals surface area contributed by atoms with Crippen LogP contribution in [0.5, 0.6) is 0 Å². The quantitative estimate of drug-likeness (QED) is 0.854. The van der Waals surface area contributed by atoms with Gasteiger partial charge >= 0.3 is 0 Å². The van der Waals surface area contributed by atoms with Crippen LogP contribution in [0.25, 0.3) is 0 Å². The second-order valence-corrected chi connectivity index (χ2v) is 5.15. The van der Waals surface area contributed by atoms with Crippen molar-refractivity contribution < 1.29 is 5.11 Å². The lowest BCUT2D eigenvalue weighted by Gasteiger charge is -2.39. The molecule has 3 nitrogen and oxygen atoms in total. The lowest BCUT2D eigenvalue weighted by molar-refractivity contribution is 0.198. The van der Waals surface area contributed by atoms with E-state index in [0.29, 0.717) is 12.0 Å². The predicted molar refractivity (Wildman–Crippen MR) is 70.1 cm³/mol. The molecule has 1 fully saturated rings. The molecule has 0 radical (unpaired) electrons. The van der Waals surface area contributed by atoms with Gasteiger partial charge in [0.2, 0.25) is 0 Å². The molecule has 1 saturated heterocycles. The van der Waals surface area contributed by atoms with E-state index in [1.54, 1.807) is 6.92 Å². The fourth-order valence-electron chi connectivity index (χ4n) is 2.61. The minimum absolute atomic E-state index is 0.455. The van der Waals surface area contributed by atoms with E-state index >= 15 is 0 Å². The van der Waals surface area contributed by atoms with Crippen LogP contribution in [0, 0.1) is 5.92 Å². The zero-order chi connectivity index (χ0) is 12.4. The molecule has 0 spiro atoms. The van der Waals surface area contributed by atoms with Crippen molar-refractivity contribution in [2.75, 3.05) is 11.4 Å². The van der Waals surface area contributed by atoms with Crippen molar-refractivity contribution in [3.8, 4) is 0 Å². The Morgan fingerprint density at radius 2 is 2.24 bits per heavy atom. The summed E-state index contributed by atoms with van der Waals surface area (Å²) in [7, 11) is 0. The van der Waals surface area contributed by atoms with Gasteiger partial charge < -0.3 is 10.0 Å². The van der Waals surface area contributed by atoms with Crippen molar-refractivity contribution in [2.24, 2.45) is 5.92 Å². The molecule has 0 amide bonds. The molecule has 2 rings (SSSR count). The van der Waals surface area contributed by atoms with Crippen LogP contribution in [0.4, 0.5) is 5.82 Å². The van der Waals surface area contributed by atoms with Crippen LogP contribution in [-0.2, 0) is 0 Å². The van der Waals surface area contributed by atoms with Crippen LogP contribution in [0.3, 0.4) is 0 Å². The van der Waals surface area contributed by atoms with Gasteiger partial charge in [-0.15, -0.1) is 0 Å². The Bertz CT molecular complexity index is 378. The Labute approximate surface area is 103 Å². The van der Waals surface area contributed by atoms with Gasteiger partial charge in [-0.3, -0.25) is 0 Å². The molecule has 94 valence electrons. The summed E-state index contributed by atoms with van der Waals surface area (Å²) in [5.41, 5.74) is 0.938. The van der Waals surface area contributed by atoms with Gasteiger partial charge in [-0.25, -0.2) is 4.98 Å².